The Balaban J connectivity index is 1.41. The SMILES string of the molecule is COc1ccccc1-c1ccc(N2CCCC(C(=O)NCc3cccs3)C2)nn1. The lowest BCUT2D eigenvalue weighted by Gasteiger charge is -2.32. The number of hydrogen-bond acceptors (Lipinski definition) is 6. The zero-order valence-corrected chi connectivity index (χ0v) is 17.2. The van der Waals surface area contributed by atoms with Crippen molar-refractivity contribution in [3.05, 3.63) is 58.8 Å². The van der Waals surface area contributed by atoms with E-state index < -0.39 is 0 Å². The molecule has 1 unspecified atom stereocenters. The minimum atomic E-state index is -0.0283. The van der Waals surface area contributed by atoms with Gasteiger partial charge < -0.3 is 15.0 Å². The normalized spacial score (nSPS) is 16.4. The first kappa shape index (κ1) is 19.4. The highest BCUT2D eigenvalue weighted by atomic mass is 32.1. The number of benzene rings is 1. The molecule has 0 aliphatic carbocycles. The second-order valence-electron chi connectivity index (χ2n) is 7.06. The number of hydrogen-bond donors (Lipinski definition) is 1. The quantitative estimate of drug-likeness (QED) is 0.673. The van der Waals surface area contributed by atoms with Crippen molar-refractivity contribution < 1.29 is 9.53 Å². The van der Waals surface area contributed by atoms with Gasteiger partial charge in [0, 0.05) is 23.5 Å². The maximum atomic E-state index is 12.6. The van der Waals surface area contributed by atoms with Crippen LogP contribution >= 0.6 is 11.3 Å². The molecule has 0 radical (unpaired) electrons. The average molecular weight is 409 g/mol. The Bertz CT molecular complexity index is 944. The molecule has 1 atom stereocenters. The first-order chi connectivity index (χ1) is 14.2. The molecule has 150 valence electrons. The smallest absolute Gasteiger partial charge is 0.225 e. The summed E-state index contributed by atoms with van der Waals surface area (Å²) in [7, 11) is 1.65. The van der Waals surface area contributed by atoms with Crippen LogP contribution in [0, 0.1) is 5.92 Å². The molecule has 6 nitrogen and oxygen atoms in total. The summed E-state index contributed by atoms with van der Waals surface area (Å²) in [5, 5.41) is 13.9. The van der Waals surface area contributed by atoms with Crippen LogP contribution in [-0.4, -0.2) is 36.3 Å². The predicted molar refractivity (Wildman–Crippen MR) is 115 cm³/mol. The van der Waals surface area contributed by atoms with Crippen molar-refractivity contribution in [1.82, 2.24) is 15.5 Å². The van der Waals surface area contributed by atoms with Crippen LogP contribution in [0.1, 0.15) is 17.7 Å². The third-order valence-corrected chi connectivity index (χ3v) is 6.04. The summed E-state index contributed by atoms with van der Waals surface area (Å²) in [5.74, 6) is 1.66. The largest absolute Gasteiger partial charge is 0.496 e. The molecule has 0 spiro atoms. The van der Waals surface area contributed by atoms with Gasteiger partial charge in [0.2, 0.25) is 5.91 Å². The van der Waals surface area contributed by atoms with Gasteiger partial charge in [-0.3, -0.25) is 4.79 Å². The fourth-order valence-corrected chi connectivity index (χ4v) is 4.27. The van der Waals surface area contributed by atoms with Gasteiger partial charge in [-0.15, -0.1) is 21.5 Å². The number of methoxy groups -OCH3 is 1. The first-order valence-electron chi connectivity index (χ1n) is 9.77. The molecule has 0 saturated carbocycles. The van der Waals surface area contributed by atoms with E-state index in [0.29, 0.717) is 13.1 Å². The van der Waals surface area contributed by atoms with E-state index in [1.807, 2.05) is 53.9 Å². The van der Waals surface area contributed by atoms with Gasteiger partial charge in [-0.1, -0.05) is 18.2 Å². The predicted octanol–water partition coefficient (Wildman–Crippen LogP) is 3.75. The molecule has 1 N–H and O–H groups in total. The summed E-state index contributed by atoms with van der Waals surface area (Å²) in [6.07, 6.45) is 1.87. The van der Waals surface area contributed by atoms with E-state index in [9.17, 15) is 4.79 Å². The minimum absolute atomic E-state index is 0.0283. The number of piperidine rings is 1. The molecule has 1 aromatic carbocycles. The zero-order valence-electron chi connectivity index (χ0n) is 16.4. The number of carbonyl (C=O) groups is 1. The van der Waals surface area contributed by atoms with Crippen LogP contribution < -0.4 is 15.0 Å². The number of nitrogens with one attached hydrogen (secondary N) is 1. The first-order valence-corrected chi connectivity index (χ1v) is 10.6. The van der Waals surface area contributed by atoms with Crippen LogP contribution in [0.3, 0.4) is 0 Å². The van der Waals surface area contributed by atoms with Gasteiger partial charge in [0.15, 0.2) is 5.82 Å². The van der Waals surface area contributed by atoms with E-state index in [-0.39, 0.29) is 11.8 Å². The molecule has 7 heteroatoms. The van der Waals surface area contributed by atoms with E-state index in [1.54, 1.807) is 18.4 Å². The van der Waals surface area contributed by atoms with E-state index in [1.165, 1.54) is 4.88 Å². The maximum absolute atomic E-state index is 12.6. The van der Waals surface area contributed by atoms with Crippen molar-refractivity contribution in [1.29, 1.82) is 0 Å². The fourth-order valence-electron chi connectivity index (χ4n) is 3.62. The van der Waals surface area contributed by atoms with Gasteiger partial charge in [-0.2, -0.15) is 0 Å². The van der Waals surface area contributed by atoms with Crippen LogP contribution in [0.5, 0.6) is 5.75 Å². The Labute approximate surface area is 174 Å². The number of anilines is 1. The molecule has 4 rings (SSSR count). The number of rotatable bonds is 6. The minimum Gasteiger partial charge on any atom is -0.496 e. The van der Waals surface area contributed by atoms with E-state index >= 15 is 0 Å². The maximum Gasteiger partial charge on any atom is 0.225 e. The molecule has 3 aromatic rings. The number of carbonyl (C=O) groups excluding carboxylic acids is 1. The second kappa shape index (κ2) is 9.05. The summed E-state index contributed by atoms with van der Waals surface area (Å²) in [5.41, 5.74) is 1.69. The van der Waals surface area contributed by atoms with Crippen molar-refractivity contribution in [2.75, 3.05) is 25.1 Å². The monoisotopic (exact) mass is 408 g/mol. The fraction of sp³-hybridized carbons (Fsp3) is 0.318. The molecule has 1 amide bonds. The summed E-state index contributed by atoms with van der Waals surface area (Å²) < 4.78 is 5.41. The Morgan fingerprint density at radius 3 is 2.86 bits per heavy atom. The molecule has 1 aliphatic heterocycles. The highest BCUT2D eigenvalue weighted by molar-refractivity contribution is 7.09. The van der Waals surface area contributed by atoms with Crippen LogP contribution in [-0.2, 0) is 11.3 Å². The number of thiophene rings is 1. The molecule has 1 fully saturated rings. The van der Waals surface area contributed by atoms with Crippen LogP contribution in [0.4, 0.5) is 5.82 Å². The molecule has 29 heavy (non-hydrogen) atoms. The Hall–Kier alpha value is -2.93. The molecule has 1 saturated heterocycles. The Morgan fingerprint density at radius 2 is 2.10 bits per heavy atom. The second-order valence-corrected chi connectivity index (χ2v) is 8.09. The van der Waals surface area contributed by atoms with Crippen molar-refractivity contribution in [2.45, 2.75) is 19.4 Å². The number of amides is 1. The molecular formula is C22H24N4O2S. The lowest BCUT2D eigenvalue weighted by Crippen LogP contribution is -2.43. The summed E-state index contributed by atoms with van der Waals surface area (Å²) in [6.45, 7) is 2.15. The van der Waals surface area contributed by atoms with Crippen LogP contribution in [0.25, 0.3) is 11.3 Å². The zero-order chi connectivity index (χ0) is 20.1. The summed E-state index contributed by atoms with van der Waals surface area (Å²) in [6, 6.07) is 15.7. The Kier molecular flexibility index (Phi) is 6.05. The highest BCUT2D eigenvalue weighted by Crippen LogP contribution is 2.29. The third kappa shape index (κ3) is 4.56. The number of ether oxygens (including phenoxy) is 1. The van der Waals surface area contributed by atoms with Gasteiger partial charge in [-0.05, 0) is 48.6 Å². The van der Waals surface area contributed by atoms with E-state index in [0.717, 1.165) is 42.2 Å². The van der Waals surface area contributed by atoms with Crippen molar-refractivity contribution in [2.24, 2.45) is 5.92 Å². The van der Waals surface area contributed by atoms with E-state index in [2.05, 4.69) is 20.4 Å². The summed E-state index contributed by atoms with van der Waals surface area (Å²) >= 11 is 1.66. The standard InChI is InChI=1S/C22H24N4O2S/c1-28-20-9-3-2-8-18(20)19-10-11-21(25-24-19)26-12-4-6-16(15-26)22(27)23-14-17-7-5-13-29-17/h2-3,5,7-11,13,16H,4,6,12,14-15H2,1H3,(H,23,27). The molecule has 3 heterocycles. The lowest BCUT2D eigenvalue weighted by molar-refractivity contribution is -0.125. The van der Waals surface area contributed by atoms with Gasteiger partial charge in [0.25, 0.3) is 0 Å². The van der Waals surface area contributed by atoms with Crippen LogP contribution in [0.15, 0.2) is 53.9 Å². The highest BCUT2D eigenvalue weighted by Gasteiger charge is 2.26. The van der Waals surface area contributed by atoms with Gasteiger partial charge >= 0.3 is 0 Å². The number of aromatic nitrogens is 2. The molecular weight excluding hydrogens is 384 g/mol. The topological polar surface area (TPSA) is 67.3 Å². The van der Waals surface area contributed by atoms with Crippen molar-refractivity contribution >= 4 is 23.1 Å². The molecule has 0 bridgehead atoms. The van der Waals surface area contributed by atoms with Crippen molar-refractivity contribution in [3.63, 3.8) is 0 Å². The van der Waals surface area contributed by atoms with Crippen LogP contribution in [0.2, 0.25) is 0 Å². The van der Waals surface area contributed by atoms with Gasteiger partial charge in [0.1, 0.15) is 5.75 Å². The lowest BCUT2D eigenvalue weighted by atomic mass is 9.97. The van der Waals surface area contributed by atoms with Crippen molar-refractivity contribution in [3.8, 4) is 17.0 Å². The number of para-hydroxylation sites is 1. The van der Waals surface area contributed by atoms with Gasteiger partial charge in [-0.25, -0.2) is 0 Å². The third-order valence-electron chi connectivity index (χ3n) is 5.17. The molecule has 2 aromatic heterocycles. The Morgan fingerprint density at radius 1 is 1.21 bits per heavy atom. The average Bonchev–Trinajstić information content (AvgIpc) is 3.31. The van der Waals surface area contributed by atoms with Gasteiger partial charge in [0.05, 0.1) is 25.3 Å². The van der Waals surface area contributed by atoms with E-state index in [4.69, 9.17) is 4.74 Å². The summed E-state index contributed by atoms with van der Waals surface area (Å²) in [4.78, 5) is 15.9. The number of nitrogens with zero attached hydrogens (tertiary/aromatic N) is 3. The molecule has 1 aliphatic rings.